The highest BCUT2D eigenvalue weighted by Gasteiger charge is 2.42. The number of piperidine rings is 2. The van der Waals surface area contributed by atoms with Crippen LogP contribution in [-0.2, 0) is 15.1 Å². The van der Waals surface area contributed by atoms with Crippen molar-refractivity contribution in [3.63, 3.8) is 0 Å². The monoisotopic (exact) mass is 578 g/mol. The van der Waals surface area contributed by atoms with Crippen LogP contribution in [0.5, 0.6) is 0 Å². The molecule has 6 nitrogen and oxygen atoms in total. The van der Waals surface area contributed by atoms with Gasteiger partial charge in [0.2, 0.25) is 11.8 Å². The van der Waals surface area contributed by atoms with Crippen LogP contribution >= 0.6 is 23.2 Å². The summed E-state index contributed by atoms with van der Waals surface area (Å²) in [6, 6.07) is 21.8. The molecule has 5 rings (SSSR count). The molecule has 3 aromatic rings. The Morgan fingerprint density at radius 3 is 2.40 bits per heavy atom. The van der Waals surface area contributed by atoms with E-state index in [4.69, 9.17) is 23.2 Å². The molecule has 40 heavy (non-hydrogen) atoms. The summed E-state index contributed by atoms with van der Waals surface area (Å²) >= 11 is 12.7. The molecule has 0 radical (unpaired) electrons. The van der Waals surface area contributed by atoms with E-state index in [9.17, 15) is 9.59 Å². The first-order valence-corrected chi connectivity index (χ1v) is 14.8. The second-order valence-corrected chi connectivity index (χ2v) is 11.8. The lowest BCUT2D eigenvalue weighted by Crippen LogP contribution is -2.54. The quantitative estimate of drug-likeness (QED) is 0.320. The van der Waals surface area contributed by atoms with E-state index in [1.807, 2.05) is 71.4 Å². The number of carbonyl (C=O) groups excluding carboxylic acids is 2. The average molecular weight is 580 g/mol. The summed E-state index contributed by atoms with van der Waals surface area (Å²) in [4.78, 5) is 36.7. The first kappa shape index (κ1) is 28.6. The van der Waals surface area contributed by atoms with Crippen LogP contribution in [0.15, 0.2) is 72.9 Å². The van der Waals surface area contributed by atoms with Gasteiger partial charge in [0.15, 0.2) is 0 Å². The highest BCUT2D eigenvalue weighted by Crippen LogP contribution is 2.41. The van der Waals surface area contributed by atoms with E-state index >= 15 is 0 Å². The topological polar surface area (TPSA) is 56.8 Å². The minimum Gasteiger partial charge on any atom is -0.336 e. The van der Waals surface area contributed by atoms with Crippen LogP contribution < -0.4 is 4.90 Å². The lowest BCUT2D eigenvalue weighted by Gasteiger charge is -2.48. The maximum atomic E-state index is 13.3. The number of benzene rings is 2. The fourth-order valence-electron chi connectivity index (χ4n) is 6.54. The van der Waals surface area contributed by atoms with E-state index in [1.54, 1.807) is 13.1 Å². The third-order valence-corrected chi connectivity index (χ3v) is 9.59. The van der Waals surface area contributed by atoms with Gasteiger partial charge in [-0.25, -0.2) is 4.98 Å². The van der Waals surface area contributed by atoms with Gasteiger partial charge in [0.25, 0.3) is 0 Å². The Labute approximate surface area is 246 Å². The van der Waals surface area contributed by atoms with Gasteiger partial charge in [-0.1, -0.05) is 65.7 Å². The molecule has 0 spiro atoms. The normalized spacial score (nSPS) is 21.3. The molecule has 2 aliphatic heterocycles. The molecule has 2 amide bonds. The van der Waals surface area contributed by atoms with Gasteiger partial charge < -0.3 is 9.80 Å². The van der Waals surface area contributed by atoms with Crippen molar-refractivity contribution < 1.29 is 9.59 Å². The van der Waals surface area contributed by atoms with E-state index in [0.29, 0.717) is 22.3 Å². The van der Waals surface area contributed by atoms with Gasteiger partial charge in [0.05, 0.1) is 15.6 Å². The largest absolute Gasteiger partial charge is 0.336 e. The van der Waals surface area contributed by atoms with E-state index in [0.717, 1.165) is 50.9 Å². The van der Waals surface area contributed by atoms with E-state index in [-0.39, 0.29) is 29.3 Å². The lowest BCUT2D eigenvalue weighted by molar-refractivity contribution is -0.136. The van der Waals surface area contributed by atoms with Crippen LogP contribution in [0.1, 0.15) is 56.1 Å². The molecule has 2 saturated heterocycles. The molecule has 2 atom stereocenters. The first-order valence-electron chi connectivity index (χ1n) is 14.0. The number of pyridine rings is 1. The number of anilines is 1. The Bertz CT molecular complexity index is 1330. The third-order valence-electron chi connectivity index (χ3n) is 8.85. The van der Waals surface area contributed by atoms with Crippen molar-refractivity contribution >= 4 is 40.8 Å². The average Bonchev–Trinajstić information content (AvgIpc) is 2.98. The van der Waals surface area contributed by atoms with Crippen LogP contribution in [-0.4, -0.2) is 59.3 Å². The Morgan fingerprint density at radius 1 is 1.02 bits per heavy atom. The minimum atomic E-state index is -0.313. The number of hydrogen-bond donors (Lipinski definition) is 0. The molecule has 8 heteroatoms. The molecule has 2 fully saturated rings. The summed E-state index contributed by atoms with van der Waals surface area (Å²) in [7, 11) is 1.92. The zero-order chi connectivity index (χ0) is 28.3. The zero-order valence-corrected chi connectivity index (χ0v) is 24.6. The molecule has 0 saturated carbocycles. The molecule has 0 aliphatic carbocycles. The Morgan fingerprint density at radius 2 is 1.75 bits per heavy atom. The van der Waals surface area contributed by atoms with Crippen molar-refractivity contribution in [2.24, 2.45) is 0 Å². The van der Waals surface area contributed by atoms with Crippen molar-refractivity contribution in [2.45, 2.75) is 56.5 Å². The summed E-state index contributed by atoms with van der Waals surface area (Å²) in [5, 5.41) is 1.06. The molecule has 1 unspecified atom stereocenters. The van der Waals surface area contributed by atoms with Crippen molar-refractivity contribution in [2.75, 3.05) is 31.6 Å². The Balaban J connectivity index is 1.37. The first-order chi connectivity index (χ1) is 19.3. The van der Waals surface area contributed by atoms with Gasteiger partial charge in [0.1, 0.15) is 5.82 Å². The minimum absolute atomic E-state index is 0.0610. The third kappa shape index (κ3) is 5.76. The maximum absolute atomic E-state index is 13.3. The van der Waals surface area contributed by atoms with Gasteiger partial charge >= 0.3 is 0 Å². The van der Waals surface area contributed by atoms with Crippen molar-refractivity contribution in [3.05, 3.63) is 94.1 Å². The van der Waals surface area contributed by atoms with Crippen molar-refractivity contribution in [1.29, 1.82) is 0 Å². The predicted molar refractivity (Wildman–Crippen MR) is 161 cm³/mol. The SMILES string of the molecule is CC(=O)N(C)C1(c2ccccc2)CCN(CCC2[C@H](c3ccc(Cl)c(Cl)c3)CCC(=O)N2c2ccccn2)CC1. The van der Waals surface area contributed by atoms with Gasteiger partial charge in [-0.3, -0.25) is 14.5 Å². The second kappa shape index (κ2) is 12.3. The lowest BCUT2D eigenvalue weighted by atomic mass is 9.79. The van der Waals surface area contributed by atoms with Gasteiger partial charge in [-0.2, -0.15) is 0 Å². The molecule has 3 heterocycles. The summed E-state index contributed by atoms with van der Waals surface area (Å²) in [6.07, 6.45) is 5.47. The Kier molecular flexibility index (Phi) is 8.79. The standard InChI is InChI=1S/C32H36Cl2N4O2/c1-23(39)36(2)32(25-8-4-3-5-9-25)16-20-37(21-17-32)19-15-29-26(24-11-13-27(33)28(34)22-24)12-14-31(40)38(29)30-10-6-7-18-35-30/h3-11,13,18,22,26,29H,12,14-17,19-21H2,1-2H3/t26-,29?/m0/s1. The smallest absolute Gasteiger partial charge is 0.228 e. The van der Waals surface area contributed by atoms with Crippen molar-refractivity contribution in [3.8, 4) is 0 Å². The fraction of sp³-hybridized carbons (Fsp3) is 0.406. The number of nitrogens with zero attached hydrogens (tertiary/aromatic N) is 4. The van der Waals surface area contributed by atoms with Gasteiger partial charge in [-0.05, 0) is 61.1 Å². The molecule has 1 aromatic heterocycles. The van der Waals surface area contributed by atoms with Gasteiger partial charge in [-0.15, -0.1) is 0 Å². The number of likely N-dealkylation sites (tertiary alicyclic amines) is 1. The van der Waals surface area contributed by atoms with Crippen LogP contribution in [0.4, 0.5) is 5.82 Å². The summed E-state index contributed by atoms with van der Waals surface area (Å²) in [6.45, 7) is 4.22. The number of hydrogen-bond acceptors (Lipinski definition) is 4. The summed E-state index contributed by atoms with van der Waals surface area (Å²) in [5.74, 6) is 0.983. The molecule has 0 bridgehead atoms. The molecular weight excluding hydrogens is 543 g/mol. The molecular formula is C32H36Cl2N4O2. The van der Waals surface area contributed by atoms with Crippen LogP contribution in [0.3, 0.4) is 0 Å². The summed E-state index contributed by atoms with van der Waals surface area (Å²) in [5.41, 5.74) is 1.97. The van der Waals surface area contributed by atoms with E-state index in [1.165, 1.54) is 5.56 Å². The van der Waals surface area contributed by atoms with Crippen LogP contribution in [0, 0.1) is 0 Å². The molecule has 2 aliphatic rings. The number of carbonyl (C=O) groups is 2. The molecule has 2 aromatic carbocycles. The fourth-order valence-corrected chi connectivity index (χ4v) is 6.85. The van der Waals surface area contributed by atoms with Crippen LogP contribution in [0.25, 0.3) is 0 Å². The second-order valence-electron chi connectivity index (χ2n) is 10.9. The van der Waals surface area contributed by atoms with Crippen molar-refractivity contribution in [1.82, 2.24) is 14.8 Å². The molecule has 0 N–H and O–H groups in total. The zero-order valence-electron chi connectivity index (χ0n) is 23.1. The number of amides is 2. The highest BCUT2D eigenvalue weighted by atomic mass is 35.5. The number of halogens is 2. The summed E-state index contributed by atoms with van der Waals surface area (Å²) < 4.78 is 0. The van der Waals surface area contributed by atoms with E-state index in [2.05, 4.69) is 22.0 Å². The molecule has 210 valence electrons. The highest BCUT2D eigenvalue weighted by molar-refractivity contribution is 6.42. The van der Waals surface area contributed by atoms with Crippen LogP contribution in [0.2, 0.25) is 10.0 Å². The predicted octanol–water partition coefficient (Wildman–Crippen LogP) is 6.53. The maximum Gasteiger partial charge on any atom is 0.228 e. The Hall–Kier alpha value is -2.93. The number of rotatable bonds is 7. The van der Waals surface area contributed by atoms with Gasteiger partial charge in [0, 0.05) is 58.2 Å². The van der Waals surface area contributed by atoms with E-state index < -0.39 is 0 Å². The number of aromatic nitrogens is 1.